The molecule has 7 heteroatoms. The Hall–Kier alpha value is -4.91. The first-order valence-corrected chi connectivity index (χ1v) is 12.3. The van der Waals surface area contributed by atoms with Crippen LogP contribution >= 0.6 is 0 Å². The van der Waals surface area contributed by atoms with Crippen LogP contribution in [0.1, 0.15) is 22.3 Å². The third-order valence-corrected chi connectivity index (χ3v) is 6.33. The molecule has 5 rings (SSSR count). The Morgan fingerprint density at radius 1 is 0.895 bits per heavy atom. The number of imide groups is 1. The monoisotopic (exact) mass is 505 g/mol. The van der Waals surface area contributed by atoms with Gasteiger partial charge in [-0.2, -0.15) is 0 Å². The van der Waals surface area contributed by atoms with Crippen molar-refractivity contribution in [1.29, 1.82) is 0 Å². The molecule has 7 nitrogen and oxygen atoms in total. The molecule has 1 saturated heterocycles. The van der Waals surface area contributed by atoms with Crippen LogP contribution in [-0.4, -0.2) is 29.3 Å². The molecule has 2 N–H and O–H groups in total. The second-order valence-electron chi connectivity index (χ2n) is 9.27. The number of fused-ring (bicyclic) bond motifs is 1. The number of carbonyl (C=O) groups is 3. The molecule has 4 aromatic rings. The van der Waals surface area contributed by atoms with Crippen LogP contribution < -0.4 is 15.4 Å². The standard InChI is InChI=1S/C31H27N3O4/c1-20-7-11-22(12-8-20)19-38-28-16-13-23-5-3-4-6-25(23)26(28)17-27-30(36)34(31(37)33-27)18-29(35)32-24-14-9-21(2)10-15-24/h3-17H,18-19H2,1-2H3,(H,32,35)(H,33,37)/b27-17+. The molecule has 38 heavy (non-hydrogen) atoms. The molecule has 0 saturated carbocycles. The second kappa shape index (κ2) is 10.6. The lowest BCUT2D eigenvalue weighted by Gasteiger charge is -2.13. The highest BCUT2D eigenvalue weighted by Crippen LogP contribution is 2.31. The number of aryl methyl sites for hydroxylation is 2. The number of amides is 4. The van der Waals surface area contributed by atoms with Gasteiger partial charge < -0.3 is 15.4 Å². The summed E-state index contributed by atoms with van der Waals surface area (Å²) in [4.78, 5) is 39.3. The molecule has 1 fully saturated rings. The molecule has 190 valence electrons. The van der Waals surface area contributed by atoms with Gasteiger partial charge in [0.15, 0.2) is 0 Å². The highest BCUT2D eigenvalue weighted by molar-refractivity contribution is 6.16. The first kappa shape index (κ1) is 24.8. The van der Waals surface area contributed by atoms with Crippen LogP contribution in [0.5, 0.6) is 5.75 Å². The van der Waals surface area contributed by atoms with Crippen LogP contribution in [0.15, 0.2) is 90.6 Å². The normalized spacial score (nSPS) is 14.2. The summed E-state index contributed by atoms with van der Waals surface area (Å²) >= 11 is 0. The Kier molecular flexibility index (Phi) is 6.91. The molecular formula is C31H27N3O4. The Labute approximate surface area is 220 Å². The highest BCUT2D eigenvalue weighted by atomic mass is 16.5. The second-order valence-corrected chi connectivity index (χ2v) is 9.27. The molecule has 0 spiro atoms. The number of nitrogens with zero attached hydrogens (tertiary/aromatic N) is 1. The number of ether oxygens (including phenoxy) is 1. The van der Waals surface area contributed by atoms with Crippen molar-refractivity contribution >= 4 is 40.4 Å². The maximum absolute atomic E-state index is 13.2. The molecule has 1 aliphatic rings. The van der Waals surface area contributed by atoms with Crippen LogP contribution in [0.4, 0.5) is 10.5 Å². The third kappa shape index (κ3) is 5.42. The van der Waals surface area contributed by atoms with Crippen molar-refractivity contribution in [2.45, 2.75) is 20.5 Å². The molecule has 0 radical (unpaired) electrons. The largest absolute Gasteiger partial charge is 0.488 e. The predicted molar refractivity (Wildman–Crippen MR) is 147 cm³/mol. The lowest BCUT2D eigenvalue weighted by molar-refractivity contribution is -0.127. The minimum absolute atomic E-state index is 0.0784. The van der Waals surface area contributed by atoms with E-state index in [2.05, 4.69) is 10.6 Å². The Morgan fingerprint density at radius 2 is 1.58 bits per heavy atom. The van der Waals surface area contributed by atoms with Gasteiger partial charge in [0.2, 0.25) is 5.91 Å². The van der Waals surface area contributed by atoms with Gasteiger partial charge in [0.1, 0.15) is 24.6 Å². The fourth-order valence-electron chi connectivity index (χ4n) is 4.24. The van der Waals surface area contributed by atoms with Gasteiger partial charge in [0.05, 0.1) is 0 Å². The fraction of sp³-hybridized carbons (Fsp3) is 0.129. The topological polar surface area (TPSA) is 87.7 Å². The SMILES string of the molecule is Cc1ccc(COc2ccc3ccccc3c2/C=C2/NC(=O)N(CC(=O)Nc3ccc(C)cc3)C2=O)cc1. The van der Waals surface area contributed by atoms with Crippen molar-refractivity contribution in [3.05, 3.63) is 113 Å². The van der Waals surface area contributed by atoms with Crippen molar-refractivity contribution in [1.82, 2.24) is 10.2 Å². The van der Waals surface area contributed by atoms with Crippen LogP contribution in [0.2, 0.25) is 0 Å². The lowest BCUT2D eigenvalue weighted by atomic mass is 10.0. The molecule has 0 unspecified atom stereocenters. The zero-order valence-corrected chi connectivity index (χ0v) is 21.2. The Bertz CT molecular complexity index is 1560. The van der Waals surface area contributed by atoms with Gasteiger partial charge in [0.25, 0.3) is 5.91 Å². The van der Waals surface area contributed by atoms with Crippen LogP contribution in [0.25, 0.3) is 16.8 Å². The number of benzene rings is 4. The molecule has 4 aromatic carbocycles. The first-order valence-electron chi connectivity index (χ1n) is 12.3. The van der Waals surface area contributed by atoms with Gasteiger partial charge in [0, 0.05) is 11.3 Å². The number of hydrogen-bond donors (Lipinski definition) is 2. The van der Waals surface area contributed by atoms with Gasteiger partial charge >= 0.3 is 6.03 Å². The summed E-state index contributed by atoms with van der Waals surface area (Å²) < 4.78 is 6.16. The average molecular weight is 506 g/mol. The summed E-state index contributed by atoms with van der Waals surface area (Å²) in [5, 5.41) is 7.17. The van der Waals surface area contributed by atoms with Crippen molar-refractivity contribution in [2.24, 2.45) is 0 Å². The van der Waals surface area contributed by atoms with E-state index in [0.717, 1.165) is 32.4 Å². The van der Waals surface area contributed by atoms with Crippen molar-refractivity contribution in [3.63, 3.8) is 0 Å². The van der Waals surface area contributed by atoms with Crippen LogP contribution in [0.3, 0.4) is 0 Å². The van der Waals surface area contributed by atoms with Crippen LogP contribution in [-0.2, 0) is 16.2 Å². The fourth-order valence-corrected chi connectivity index (χ4v) is 4.24. The van der Waals surface area contributed by atoms with Crippen LogP contribution in [0, 0.1) is 13.8 Å². The lowest BCUT2D eigenvalue weighted by Crippen LogP contribution is -2.38. The van der Waals surface area contributed by atoms with E-state index < -0.39 is 24.4 Å². The van der Waals surface area contributed by atoms with Crippen molar-refractivity contribution in [3.8, 4) is 5.75 Å². The summed E-state index contributed by atoms with van der Waals surface area (Å²) in [7, 11) is 0. The van der Waals surface area contributed by atoms with E-state index in [1.54, 1.807) is 18.2 Å². The minimum atomic E-state index is -0.650. The first-order chi connectivity index (χ1) is 18.4. The molecule has 0 bridgehead atoms. The number of urea groups is 1. The summed E-state index contributed by atoms with van der Waals surface area (Å²) in [6.07, 6.45) is 1.62. The molecular weight excluding hydrogens is 478 g/mol. The molecule has 4 amide bonds. The number of rotatable bonds is 7. The van der Waals surface area contributed by atoms with Gasteiger partial charge in [-0.3, -0.25) is 9.59 Å². The summed E-state index contributed by atoms with van der Waals surface area (Å²) in [6.45, 7) is 3.92. The van der Waals surface area contributed by atoms with Gasteiger partial charge in [-0.15, -0.1) is 0 Å². The predicted octanol–water partition coefficient (Wildman–Crippen LogP) is 5.57. The van der Waals surface area contributed by atoms with E-state index in [1.165, 1.54) is 0 Å². The van der Waals surface area contributed by atoms with E-state index in [0.29, 0.717) is 23.6 Å². The van der Waals surface area contributed by atoms with E-state index in [1.807, 2.05) is 86.6 Å². The molecule has 1 aliphatic heterocycles. The number of anilines is 1. The quantitative estimate of drug-likeness (QED) is 0.254. The van der Waals surface area contributed by atoms with Crippen molar-refractivity contribution in [2.75, 3.05) is 11.9 Å². The maximum Gasteiger partial charge on any atom is 0.329 e. The number of hydrogen-bond acceptors (Lipinski definition) is 4. The van der Waals surface area contributed by atoms with E-state index in [4.69, 9.17) is 4.74 Å². The Morgan fingerprint density at radius 3 is 2.32 bits per heavy atom. The summed E-state index contributed by atoms with van der Waals surface area (Å²) in [5.74, 6) is -0.466. The maximum atomic E-state index is 13.2. The van der Waals surface area contributed by atoms with Gasteiger partial charge in [-0.05, 0) is 54.5 Å². The summed E-state index contributed by atoms with van der Waals surface area (Å²) in [6, 6.07) is 26.3. The summed E-state index contributed by atoms with van der Waals surface area (Å²) in [5.41, 5.74) is 4.58. The molecule has 0 atom stereocenters. The smallest absolute Gasteiger partial charge is 0.329 e. The number of nitrogens with one attached hydrogen (secondary N) is 2. The van der Waals surface area contributed by atoms with E-state index in [-0.39, 0.29) is 5.70 Å². The van der Waals surface area contributed by atoms with E-state index >= 15 is 0 Å². The molecule has 0 aliphatic carbocycles. The molecule has 1 heterocycles. The zero-order chi connectivity index (χ0) is 26.6. The third-order valence-electron chi connectivity index (χ3n) is 6.33. The van der Waals surface area contributed by atoms with Gasteiger partial charge in [-0.25, -0.2) is 9.69 Å². The highest BCUT2D eigenvalue weighted by Gasteiger charge is 2.35. The molecule has 0 aromatic heterocycles. The van der Waals surface area contributed by atoms with Crippen molar-refractivity contribution < 1.29 is 19.1 Å². The van der Waals surface area contributed by atoms with Gasteiger partial charge in [-0.1, -0.05) is 77.9 Å². The Balaban J connectivity index is 1.39. The minimum Gasteiger partial charge on any atom is -0.488 e. The zero-order valence-electron chi connectivity index (χ0n) is 21.2. The number of carbonyl (C=O) groups excluding carboxylic acids is 3. The average Bonchev–Trinajstić information content (AvgIpc) is 3.17. The van der Waals surface area contributed by atoms with E-state index in [9.17, 15) is 14.4 Å².